The Kier molecular flexibility index (Phi) is 4.21. The molecule has 0 saturated carbocycles. The Morgan fingerprint density at radius 2 is 1.89 bits per heavy atom. The Morgan fingerprint density at radius 3 is 2.53 bits per heavy atom. The molecule has 1 N–H and O–H groups in total. The lowest BCUT2D eigenvalue weighted by Crippen LogP contribution is -2.13. The van der Waals surface area contributed by atoms with E-state index in [0.717, 1.165) is 25.1 Å². The third-order valence-corrected chi connectivity index (χ3v) is 2.52. The average Bonchev–Trinajstić information content (AvgIpc) is 2.84. The van der Waals surface area contributed by atoms with Crippen molar-refractivity contribution in [1.29, 1.82) is 0 Å². The molecule has 0 amide bonds. The Hall–Kier alpha value is -1.82. The maximum atomic E-state index is 13.1. The second-order valence-electron chi connectivity index (χ2n) is 4.05. The third-order valence-electron chi connectivity index (χ3n) is 2.52. The lowest BCUT2D eigenvalue weighted by atomic mass is 10.1. The van der Waals surface area contributed by atoms with Crippen LogP contribution in [-0.2, 0) is 6.54 Å². The number of nitrogens with one attached hydrogen (secondary N) is 1. The van der Waals surface area contributed by atoms with Crippen LogP contribution in [0.4, 0.5) is 13.2 Å². The van der Waals surface area contributed by atoms with E-state index in [1.165, 1.54) is 6.20 Å². The van der Waals surface area contributed by atoms with Gasteiger partial charge in [0.2, 0.25) is 5.89 Å². The van der Waals surface area contributed by atoms with Gasteiger partial charge < -0.3 is 9.73 Å². The van der Waals surface area contributed by atoms with Gasteiger partial charge in [0.15, 0.2) is 23.2 Å². The molecule has 2 rings (SSSR count). The van der Waals surface area contributed by atoms with Crippen LogP contribution < -0.4 is 5.32 Å². The van der Waals surface area contributed by atoms with Gasteiger partial charge in [0.25, 0.3) is 0 Å². The minimum absolute atomic E-state index is 0.116. The number of aromatic nitrogens is 1. The summed E-state index contributed by atoms with van der Waals surface area (Å²) < 4.78 is 44.4. The second-order valence-corrected chi connectivity index (χ2v) is 4.05. The van der Waals surface area contributed by atoms with E-state index in [4.69, 9.17) is 4.42 Å². The van der Waals surface area contributed by atoms with Crippen LogP contribution in [0.15, 0.2) is 22.7 Å². The first-order valence-corrected chi connectivity index (χ1v) is 5.92. The Morgan fingerprint density at radius 1 is 1.21 bits per heavy atom. The summed E-state index contributed by atoms with van der Waals surface area (Å²) >= 11 is 0. The van der Waals surface area contributed by atoms with Crippen LogP contribution in [0.25, 0.3) is 11.3 Å². The number of halogens is 3. The minimum Gasteiger partial charge on any atom is -0.439 e. The van der Waals surface area contributed by atoms with E-state index in [2.05, 4.69) is 10.3 Å². The molecule has 0 saturated heterocycles. The van der Waals surface area contributed by atoms with Crippen LogP contribution in [0.1, 0.15) is 19.2 Å². The van der Waals surface area contributed by atoms with Crippen molar-refractivity contribution in [2.75, 3.05) is 6.54 Å². The van der Waals surface area contributed by atoms with Crippen molar-refractivity contribution in [2.45, 2.75) is 19.9 Å². The zero-order chi connectivity index (χ0) is 13.8. The van der Waals surface area contributed by atoms with Crippen molar-refractivity contribution in [3.63, 3.8) is 0 Å². The molecule has 1 heterocycles. The Balaban J connectivity index is 2.18. The summed E-state index contributed by atoms with van der Waals surface area (Å²) in [6, 6.07) is 1.75. The summed E-state index contributed by atoms with van der Waals surface area (Å²) in [6.45, 7) is 3.27. The average molecular weight is 270 g/mol. The molecule has 1 aromatic carbocycles. The van der Waals surface area contributed by atoms with Crippen molar-refractivity contribution in [3.05, 3.63) is 41.7 Å². The molecule has 1 aromatic heterocycles. The molecule has 0 radical (unpaired) electrons. The second kappa shape index (κ2) is 5.88. The molecule has 0 fully saturated rings. The molecule has 0 aliphatic carbocycles. The van der Waals surface area contributed by atoms with E-state index in [0.29, 0.717) is 12.4 Å². The largest absolute Gasteiger partial charge is 0.439 e. The molecule has 2 aromatic rings. The van der Waals surface area contributed by atoms with Gasteiger partial charge in [-0.25, -0.2) is 18.2 Å². The molecule has 0 spiro atoms. The first kappa shape index (κ1) is 13.6. The maximum absolute atomic E-state index is 13.1. The van der Waals surface area contributed by atoms with E-state index in [1.54, 1.807) is 0 Å². The molecule has 102 valence electrons. The number of nitrogens with zero attached hydrogens (tertiary/aromatic N) is 1. The van der Waals surface area contributed by atoms with Crippen LogP contribution in [0, 0.1) is 17.5 Å². The van der Waals surface area contributed by atoms with E-state index < -0.39 is 17.5 Å². The first-order valence-electron chi connectivity index (χ1n) is 5.92. The number of hydrogen-bond donors (Lipinski definition) is 1. The standard InChI is InChI=1S/C13H13F3N2O/c1-2-3-17-7-12-18-6-11(19-12)8-4-9(14)13(16)10(15)5-8/h4-6,17H,2-3,7H2,1H3. The van der Waals surface area contributed by atoms with Gasteiger partial charge in [0.05, 0.1) is 12.7 Å². The topological polar surface area (TPSA) is 38.1 Å². The maximum Gasteiger partial charge on any atom is 0.208 e. The minimum atomic E-state index is -1.49. The van der Waals surface area contributed by atoms with Crippen LogP contribution in [0.2, 0.25) is 0 Å². The summed E-state index contributed by atoms with van der Waals surface area (Å²) in [5.41, 5.74) is 0.116. The van der Waals surface area contributed by atoms with Gasteiger partial charge in [-0.05, 0) is 25.1 Å². The highest BCUT2D eigenvalue weighted by molar-refractivity contribution is 5.56. The van der Waals surface area contributed by atoms with E-state index >= 15 is 0 Å². The Bertz CT molecular complexity index is 546. The van der Waals surface area contributed by atoms with Crippen molar-refractivity contribution in [3.8, 4) is 11.3 Å². The van der Waals surface area contributed by atoms with Gasteiger partial charge in [-0.3, -0.25) is 0 Å². The fourth-order valence-corrected chi connectivity index (χ4v) is 1.60. The van der Waals surface area contributed by atoms with Crippen LogP contribution in [0.3, 0.4) is 0 Å². The van der Waals surface area contributed by atoms with Gasteiger partial charge in [-0.2, -0.15) is 0 Å². The lowest BCUT2D eigenvalue weighted by molar-refractivity contribution is 0.445. The summed E-state index contributed by atoms with van der Waals surface area (Å²) in [7, 11) is 0. The van der Waals surface area contributed by atoms with Gasteiger partial charge in [0.1, 0.15) is 0 Å². The van der Waals surface area contributed by atoms with Crippen molar-refractivity contribution in [2.24, 2.45) is 0 Å². The van der Waals surface area contributed by atoms with Gasteiger partial charge in [-0.15, -0.1) is 0 Å². The molecular weight excluding hydrogens is 257 g/mol. The molecule has 0 unspecified atom stereocenters. The fourth-order valence-electron chi connectivity index (χ4n) is 1.60. The zero-order valence-corrected chi connectivity index (χ0v) is 10.3. The van der Waals surface area contributed by atoms with Gasteiger partial charge in [0, 0.05) is 5.56 Å². The highest BCUT2D eigenvalue weighted by atomic mass is 19.2. The number of benzene rings is 1. The monoisotopic (exact) mass is 270 g/mol. The van der Waals surface area contributed by atoms with Crippen molar-refractivity contribution >= 4 is 0 Å². The molecule has 0 bridgehead atoms. The fraction of sp³-hybridized carbons (Fsp3) is 0.308. The van der Waals surface area contributed by atoms with Crippen molar-refractivity contribution < 1.29 is 17.6 Å². The predicted octanol–water partition coefficient (Wildman–Crippen LogP) is 3.26. The third kappa shape index (κ3) is 3.14. The number of oxazole rings is 1. The molecule has 6 heteroatoms. The quantitative estimate of drug-likeness (QED) is 0.669. The summed E-state index contributed by atoms with van der Waals surface area (Å²) in [5.74, 6) is -3.39. The molecular formula is C13H13F3N2O. The summed E-state index contributed by atoms with van der Waals surface area (Å²) in [6.07, 6.45) is 2.33. The molecule has 0 atom stereocenters. The number of rotatable bonds is 5. The van der Waals surface area contributed by atoms with Gasteiger partial charge in [-0.1, -0.05) is 6.92 Å². The highest BCUT2D eigenvalue weighted by Crippen LogP contribution is 2.24. The van der Waals surface area contributed by atoms with Gasteiger partial charge >= 0.3 is 0 Å². The normalized spacial score (nSPS) is 10.9. The number of hydrogen-bond acceptors (Lipinski definition) is 3. The SMILES string of the molecule is CCCNCc1ncc(-c2cc(F)c(F)c(F)c2)o1. The van der Waals surface area contributed by atoms with E-state index in [1.807, 2.05) is 6.92 Å². The molecule has 3 nitrogen and oxygen atoms in total. The molecule has 0 aliphatic heterocycles. The van der Waals surface area contributed by atoms with Crippen LogP contribution >= 0.6 is 0 Å². The molecule has 19 heavy (non-hydrogen) atoms. The van der Waals surface area contributed by atoms with E-state index in [9.17, 15) is 13.2 Å². The van der Waals surface area contributed by atoms with E-state index in [-0.39, 0.29) is 11.3 Å². The predicted molar refractivity (Wildman–Crippen MR) is 63.8 cm³/mol. The Labute approximate surface area is 108 Å². The van der Waals surface area contributed by atoms with Crippen molar-refractivity contribution in [1.82, 2.24) is 10.3 Å². The zero-order valence-electron chi connectivity index (χ0n) is 10.3. The lowest BCUT2D eigenvalue weighted by Gasteiger charge is -2.00. The first-order chi connectivity index (χ1) is 9.11. The van der Waals surface area contributed by atoms with Crippen LogP contribution in [-0.4, -0.2) is 11.5 Å². The summed E-state index contributed by atoms with van der Waals surface area (Å²) in [5, 5.41) is 3.08. The molecule has 0 aliphatic rings. The smallest absolute Gasteiger partial charge is 0.208 e. The highest BCUT2D eigenvalue weighted by Gasteiger charge is 2.14. The summed E-state index contributed by atoms with van der Waals surface area (Å²) in [4.78, 5) is 3.98. The van der Waals surface area contributed by atoms with Crippen LogP contribution in [0.5, 0.6) is 0 Å².